The van der Waals surface area contributed by atoms with Crippen molar-refractivity contribution in [2.24, 2.45) is 0 Å². The maximum absolute atomic E-state index is 11.5. The molecule has 0 saturated heterocycles. The maximum Gasteiger partial charge on any atom is 0.349 e. The van der Waals surface area contributed by atoms with Crippen molar-refractivity contribution in [1.29, 1.82) is 0 Å². The monoisotopic (exact) mass is 441 g/mol. The number of benzene rings is 1. The lowest BCUT2D eigenvalue weighted by Crippen LogP contribution is -2.30. The van der Waals surface area contributed by atoms with Gasteiger partial charge in [-0.2, -0.15) is 9.78 Å². The maximum atomic E-state index is 11.5. The van der Waals surface area contributed by atoms with Crippen LogP contribution in [0.3, 0.4) is 0 Å². The summed E-state index contributed by atoms with van der Waals surface area (Å²) >= 11 is 4.31. The Labute approximate surface area is 117 Å². The van der Waals surface area contributed by atoms with E-state index >= 15 is 0 Å². The Morgan fingerprint density at radius 1 is 1.12 bits per heavy atom. The molecule has 16 heavy (non-hydrogen) atoms. The smallest absolute Gasteiger partial charge is 0.271 e. The second kappa shape index (κ2) is 4.65. The van der Waals surface area contributed by atoms with Crippen LogP contribution in [0.1, 0.15) is 0 Å². The fourth-order valence-corrected chi connectivity index (χ4v) is 3.10. The average Bonchev–Trinajstić information content (AvgIpc) is 2.15. The molecule has 0 spiro atoms. The lowest BCUT2D eigenvalue weighted by molar-refractivity contribution is 0.749. The van der Waals surface area contributed by atoms with Crippen molar-refractivity contribution in [2.45, 2.75) is 0 Å². The zero-order valence-corrected chi connectivity index (χ0v) is 12.1. The lowest BCUT2D eigenvalue weighted by atomic mass is 10.3. The van der Waals surface area contributed by atoms with E-state index in [1.165, 1.54) is 0 Å². The van der Waals surface area contributed by atoms with Crippen molar-refractivity contribution >= 4 is 45.2 Å². The molecule has 2 rings (SSSR count). The van der Waals surface area contributed by atoms with Gasteiger partial charge in [-0.1, -0.05) is 0 Å². The van der Waals surface area contributed by atoms with Gasteiger partial charge in [-0.25, -0.2) is 4.79 Å². The first-order valence-electron chi connectivity index (χ1n) is 4.21. The van der Waals surface area contributed by atoms with Crippen molar-refractivity contribution < 1.29 is 0 Å². The van der Waals surface area contributed by atoms with Gasteiger partial charge in [0.25, 0.3) is 5.56 Å². The van der Waals surface area contributed by atoms with E-state index in [1.54, 1.807) is 0 Å². The van der Waals surface area contributed by atoms with Gasteiger partial charge in [-0.15, -0.1) is 0 Å². The number of rotatable bonds is 1. The third kappa shape index (κ3) is 2.51. The summed E-state index contributed by atoms with van der Waals surface area (Å²) in [5, 5.41) is 3.78. The fourth-order valence-electron chi connectivity index (χ4n) is 1.20. The van der Waals surface area contributed by atoms with Crippen molar-refractivity contribution in [3.63, 3.8) is 0 Å². The topological polar surface area (TPSA) is 67.8 Å². The molecule has 0 aliphatic carbocycles. The Morgan fingerprint density at radius 2 is 1.75 bits per heavy atom. The first kappa shape index (κ1) is 11.8. The van der Waals surface area contributed by atoms with Crippen LogP contribution in [0.5, 0.6) is 0 Å². The van der Waals surface area contributed by atoms with Crippen LogP contribution in [-0.4, -0.2) is 14.8 Å². The van der Waals surface area contributed by atoms with E-state index < -0.39 is 11.2 Å². The average molecular weight is 441 g/mol. The van der Waals surface area contributed by atoms with Gasteiger partial charge in [0.05, 0.1) is 5.69 Å². The van der Waals surface area contributed by atoms with Gasteiger partial charge >= 0.3 is 5.69 Å². The second-order valence-electron chi connectivity index (χ2n) is 2.98. The van der Waals surface area contributed by atoms with Gasteiger partial charge in [0.15, 0.2) is 0 Å². The van der Waals surface area contributed by atoms with Crippen molar-refractivity contribution in [2.75, 3.05) is 0 Å². The molecule has 1 N–H and O–H groups in total. The number of aromatic nitrogens is 3. The summed E-state index contributed by atoms with van der Waals surface area (Å²) in [4.78, 5) is 24.5. The summed E-state index contributed by atoms with van der Waals surface area (Å²) in [7, 11) is 0. The Balaban J connectivity index is 2.67. The van der Waals surface area contributed by atoms with Gasteiger partial charge in [0.1, 0.15) is 6.20 Å². The summed E-state index contributed by atoms with van der Waals surface area (Å²) in [5.41, 5.74) is -0.399. The minimum atomic E-state index is -0.537. The molecule has 0 unspecified atom stereocenters. The molecule has 0 atom stereocenters. The largest absolute Gasteiger partial charge is 0.349 e. The van der Waals surface area contributed by atoms with Crippen LogP contribution < -0.4 is 11.2 Å². The van der Waals surface area contributed by atoms with Crippen LogP contribution in [-0.2, 0) is 0 Å². The third-order valence-corrected chi connectivity index (χ3v) is 3.05. The predicted molar refractivity (Wildman–Crippen MR) is 75.9 cm³/mol. The molecule has 0 fully saturated rings. The Hall–Kier alpha value is -0.710. The number of nitrogens with one attached hydrogen (secondary N) is 1. The van der Waals surface area contributed by atoms with E-state index in [1.807, 2.05) is 18.2 Å². The molecule has 5 nitrogen and oxygen atoms in total. The minimum Gasteiger partial charge on any atom is -0.271 e. The first-order valence-corrected chi connectivity index (χ1v) is 6.37. The molecule has 7 heteroatoms. The molecule has 0 saturated carbocycles. The van der Waals surface area contributed by atoms with E-state index in [4.69, 9.17) is 0 Å². The van der Waals surface area contributed by atoms with Gasteiger partial charge in [-0.3, -0.25) is 9.78 Å². The number of hydrogen-bond acceptors (Lipinski definition) is 3. The van der Waals surface area contributed by atoms with Crippen molar-refractivity contribution in [3.05, 3.63) is 52.4 Å². The van der Waals surface area contributed by atoms with Crippen molar-refractivity contribution in [1.82, 2.24) is 14.8 Å². The Kier molecular flexibility index (Phi) is 3.42. The van der Waals surface area contributed by atoms with E-state index in [2.05, 4.69) is 55.3 Å². The number of halogens is 2. The highest BCUT2D eigenvalue weighted by molar-refractivity contribution is 14.1. The Bertz CT molecular complexity index is 627. The zero-order chi connectivity index (χ0) is 11.7. The minimum absolute atomic E-state index is 0.499. The van der Waals surface area contributed by atoms with Gasteiger partial charge in [-0.05, 0) is 63.4 Å². The third-order valence-electron chi connectivity index (χ3n) is 1.80. The SMILES string of the molecule is O=c1cnn(-c2cc(I)cc(I)c2)c(=O)[nH]1. The van der Waals surface area contributed by atoms with E-state index in [-0.39, 0.29) is 0 Å². The number of hydrogen-bond donors (Lipinski definition) is 1. The van der Waals surface area contributed by atoms with Crippen LogP contribution in [0, 0.1) is 7.14 Å². The fraction of sp³-hybridized carbons (Fsp3) is 0. The van der Waals surface area contributed by atoms with Crippen molar-refractivity contribution in [3.8, 4) is 5.69 Å². The van der Waals surface area contributed by atoms with Crippen LogP contribution in [0.4, 0.5) is 0 Å². The molecular formula is C9H5I2N3O2. The molecule has 0 aliphatic rings. The Morgan fingerprint density at radius 3 is 2.31 bits per heavy atom. The van der Waals surface area contributed by atoms with Crippen LogP contribution in [0.15, 0.2) is 34.0 Å². The molecule has 2 aromatic rings. The van der Waals surface area contributed by atoms with Crippen LogP contribution in [0.25, 0.3) is 5.69 Å². The molecule has 0 bridgehead atoms. The molecule has 1 heterocycles. The molecule has 82 valence electrons. The molecule has 1 aromatic carbocycles. The van der Waals surface area contributed by atoms with Gasteiger partial charge < -0.3 is 0 Å². The standard InChI is InChI=1S/C9H5I2N3O2/c10-5-1-6(11)3-7(2-5)14-9(16)13-8(15)4-12-14/h1-4H,(H,13,15,16). The zero-order valence-electron chi connectivity index (χ0n) is 7.78. The lowest BCUT2D eigenvalue weighted by Gasteiger charge is -2.04. The molecule has 0 radical (unpaired) electrons. The predicted octanol–water partition coefficient (Wildman–Crippen LogP) is 1.13. The summed E-state index contributed by atoms with van der Waals surface area (Å²) in [6.07, 6.45) is 1.08. The molecule has 0 amide bonds. The van der Waals surface area contributed by atoms with E-state index in [9.17, 15) is 9.59 Å². The quantitative estimate of drug-likeness (QED) is 0.676. The molecule has 1 aromatic heterocycles. The highest BCUT2D eigenvalue weighted by Gasteiger charge is 2.03. The molecular weight excluding hydrogens is 436 g/mol. The van der Waals surface area contributed by atoms with E-state index in [0.717, 1.165) is 18.0 Å². The van der Waals surface area contributed by atoms with Crippen LogP contribution >= 0.6 is 45.2 Å². The highest BCUT2D eigenvalue weighted by atomic mass is 127. The summed E-state index contributed by atoms with van der Waals surface area (Å²) in [5.74, 6) is 0. The highest BCUT2D eigenvalue weighted by Crippen LogP contribution is 2.15. The number of H-pyrrole nitrogens is 1. The van der Waals surface area contributed by atoms with Crippen LogP contribution in [0.2, 0.25) is 0 Å². The van der Waals surface area contributed by atoms with E-state index in [0.29, 0.717) is 5.69 Å². The second-order valence-corrected chi connectivity index (χ2v) is 5.47. The summed E-state index contributed by atoms with van der Waals surface area (Å²) < 4.78 is 3.16. The van der Waals surface area contributed by atoms with Gasteiger partial charge in [0, 0.05) is 7.14 Å². The number of nitrogens with zero attached hydrogens (tertiary/aromatic N) is 2. The summed E-state index contributed by atoms with van der Waals surface area (Å²) in [6, 6.07) is 5.60. The van der Waals surface area contributed by atoms with Gasteiger partial charge in [0.2, 0.25) is 0 Å². The first-order chi connectivity index (χ1) is 7.56. The molecule has 0 aliphatic heterocycles. The number of aromatic amines is 1. The normalized spacial score (nSPS) is 10.4. The summed E-state index contributed by atoms with van der Waals surface area (Å²) in [6.45, 7) is 0.